The number of para-hydroxylation sites is 5. The second kappa shape index (κ2) is 14.3. The fraction of sp³-hybridized carbons (Fsp3) is 0. The summed E-state index contributed by atoms with van der Waals surface area (Å²) in [6.07, 6.45) is 0. The van der Waals surface area contributed by atoms with Crippen molar-refractivity contribution in [1.29, 1.82) is 0 Å². The number of benzene rings is 10. The fourth-order valence-electron chi connectivity index (χ4n) is 10.7. The molecule has 0 fully saturated rings. The lowest BCUT2D eigenvalue weighted by Gasteiger charge is -2.16. The number of thiophene rings is 1. The molecule has 0 radical (unpaired) electrons. The van der Waals surface area contributed by atoms with Crippen LogP contribution in [0.25, 0.3) is 142 Å². The molecule has 0 aliphatic heterocycles. The molecule has 0 bridgehead atoms. The predicted octanol–water partition coefficient (Wildman–Crippen LogP) is 16.5. The Balaban J connectivity index is 1.09. The maximum Gasteiger partial charge on any atom is 0.166 e. The molecule has 68 heavy (non-hydrogen) atoms. The first-order valence-electron chi connectivity index (χ1n) is 22.8. The Kier molecular flexibility index (Phi) is 7.85. The third kappa shape index (κ3) is 5.42. The van der Waals surface area contributed by atoms with Crippen LogP contribution in [0.15, 0.2) is 217 Å². The van der Waals surface area contributed by atoms with Crippen molar-refractivity contribution >= 4 is 108 Å². The zero-order valence-electron chi connectivity index (χ0n) is 36.3. The summed E-state index contributed by atoms with van der Waals surface area (Å²) in [5, 5.41) is 11.4. The lowest BCUT2D eigenvalue weighted by molar-refractivity contribution is 0.668. The highest BCUT2D eigenvalue weighted by Gasteiger charge is 2.25. The highest BCUT2D eigenvalue weighted by molar-refractivity contribution is 7.26. The van der Waals surface area contributed by atoms with Crippen molar-refractivity contribution in [3.05, 3.63) is 212 Å². The molecule has 10 aromatic carbocycles. The molecule has 7 heteroatoms. The lowest BCUT2D eigenvalue weighted by atomic mass is 10.0. The first-order chi connectivity index (χ1) is 33.7. The maximum absolute atomic E-state index is 6.70. The fourth-order valence-corrected chi connectivity index (χ4v) is 12.0. The van der Waals surface area contributed by atoms with Crippen LogP contribution in [0.5, 0.6) is 0 Å². The third-order valence-corrected chi connectivity index (χ3v) is 15.0. The molecule has 15 rings (SSSR count). The summed E-state index contributed by atoms with van der Waals surface area (Å²) in [7, 11) is 0. The van der Waals surface area contributed by atoms with Gasteiger partial charge in [0.15, 0.2) is 17.5 Å². The average molecular weight is 886 g/mol. The summed E-state index contributed by atoms with van der Waals surface area (Å²) >= 11 is 1.78. The van der Waals surface area contributed by atoms with Crippen molar-refractivity contribution in [2.75, 3.05) is 0 Å². The summed E-state index contributed by atoms with van der Waals surface area (Å²) in [5.74, 6) is 1.76. The monoisotopic (exact) mass is 885 g/mol. The van der Waals surface area contributed by atoms with E-state index < -0.39 is 0 Å². The molecule has 15 aromatic rings. The standard InChI is InChI=1S/C61H35N5OS/c1-2-18-38(19-3-1)65-50-28-10-6-20-39(50)43-24-14-26-45(57(43)65)59-62-60(46-27-15-25-44-42-23-9-13-31-56(42)68-58(44)46)64-61(63-59)49-34-48-41-22-8-12-30-54(41)67-55(48)35-53(49)66-51-29-11-7-21-40(51)47-32-36-16-4-5-17-37(36)33-52(47)66/h1-35H. The molecule has 316 valence electrons. The molecule has 5 aromatic heterocycles. The number of hydrogen-bond donors (Lipinski definition) is 0. The van der Waals surface area contributed by atoms with E-state index in [9.17, 15) is 0 Å². The SMILES string of the molecule is c1ccc(-n2c3ccccc3c3cccc(-c4nc(-c5cc6c(cc5-n5c7ccccc7c7cc8ccccc8cc75)oc5ccccc56)nc(-c5cccc6c5sc5ccccc56)n4)c32)cc1. The van der Waals surface area contributed by atoms with Gasteiger partial charge in [-0.3, -0.25) is 0 Å². The van der Waals surface area contributed by atoms with Gasteiger partial charge in [-0.2, -0.15) is 0 Å². The molecule has 0 atom stereocenters. The molecule has 5 heterocycles. The minimum absolute atomic E-state index is 0.566. The van der Waals surface area contributed by atoms with Gasteiger partial charge in [-0.05, 0) is 77.5 Å². The Labute approximate surface area is 392 Å². The number of rotatable bonds is 5. The third-order valence-electron chi connectivity index (χ3n) is 13.7. The largest absolute Gasteiger partial charge is 0.456 e. The minimum atomic E-state index is 0.566. The predicted molar refractivity (Wildman–Crippen MR) is 282 cm³/mol. The first kappa shape index (κ1) is 37.3. The average Bonchev–Trinajstić information content (AvgIpc) is 4.15. The molecular weight excluding hydrogens is 851 g/mol. The summed E-state index contributed by atoms with van der Waals surface area (Å²) in [6.45, 7) is 0. The van der Waals surface area contributed by atoms with Crippen LogP contribution >= 0.6 is 11.3 Å². The molecule has 0 saturated carbocycles. The van der Waals surface area contributed by atoms with E-state index in [1.807, 2.05) is 12.1 Å². The molecule has 0 saturated heterocycles. The zero-order valence-corrected chi connectivity index (χ0v) is 37.1. The normalized spacial score (nSPS) is 12.1. The summed E-state index contributed by atoms with van der Waals surface area (Å²) < 4.78 is 13.8. The summed E-state index contributed by atoms with van der Waals surface area (Å²) in [6, 6.07) is 75.4. The Morgan fingerprint density at radius 1 is 0.353 bits per heavy atom. The Morgan fingerprint density at radius 3 is 1.75 bits per heavy atom. The van der Waals surface area contributed by atoms with Gasteiger partial charge in [0.2, 0.25) is 0 Å². The molecule has 0 unspecified atom stereocenters. The smallest absolute Gasteiger partial charge is 0.166 e. The van der Waals surface area contributed by atoms with E-state index in [4.69, 9.17) is 19.4 Å². The molecule has 6 nitrogen and oxygen atoms in total. The van der Waals surface area contributed by atoms with Crippen molar-refractivity contribution in [3.8, 4) is 45.5 Å². The number of hydrogen-bond acceptors (Lipinski definition) is 5. The van der Waals surface area contributed by atoms with E-state index in [-0.39, 0.29) is 0 Å². The van der Waals surface area contributed by atoms with Gasteiger partial charge in [0.1, 0.15) is 11.2 Å². The number of fused-ring (bicyclic) bond motifs is 13. The van der Waals surface area contributed by atoms with E-state index in [0.717, 1.165) is 92.9 Å². The van der Waals surface area contributed by atoms with Crippen LogP contribution in [0.2, 0.25) is 0 Å². The van der Waals surface area contributed by atoms with E-state index in [1.54, 1.807) is 11.3 Å². The number of aromatic nitrogens is 5. The molecule has 0 aliphatic carbocycles. The van der Waals surface area contributed by atoms with Crippen LogP contribution in [-0.2, 0) is 0 Å². The van der Waals surface area contributed by atoms with E-state index >= 15 is 0 Å². The summed E-state index contributed by atoms with van der Waals surface area (Å²) in [4.78, 5) is 16.8. The second-order valence-electron chi connectivity index (χ2n) is 17.5. The number of furan rings is 1. The molecule has 0 amide bonds. The van der Waals surface area contributed by atoms with Crippen molar-refractivity contribution in [1.82, 2.24) is 24.1 Å². The summed E-state index contributed by atoms with van der Waals surface area (Å²) in [5.41, 5.74) is 10.7. The Morgan fingerprint density at radius 2 is 0.941 bits per heavy atom. The van der Waals surface area contributed by atoms with E-state index in [1.165, 1.54) is 31.6 Å². The van der Waals surface area contributed by atoms with Crippen LogP contribution < -0.4 is 0 Å². The maximum atomic E-state index is 6.70. The van der Waals surface area contributed by atoms with Crippen molar-refractivity contribution in [3.63, 3.8) is 0 Å². The van der Waals surface area contributed by atoms with Crippen molar-refractivity contribution in [2.24, 2.45) is 0 Å². The van der Waals surface area contributed by atoms with Gasteiger partial charge in [-0.15, -0.1) is 11.3 Å². The van der Waals surface area contributed by atoms with Crippen LogP contribution in [0.3, 0.4) is 0 Å². The number of nitrogens with zero attached hydrogens (tertiary/aromatic N) is 5. The van der Waals surface area contributed by atoms with E-state index in [0.29, 0.717) is 17.5 Å². The molecule has 0 aliphatic rings. The second-order valence-corrected chi connectivity index (χ2v) is 18.6. The van der Waals surface area contributed by atoms with Crippen molar-refractivity contribution < 1.29 is 4.42 Å². The highest BCUT2D eigenvalue weighted by atomic mass is 32.1. The quantitative estimate of drug-likeness (QED) is 0.173. The van der Waals surface area contributed by atoms with Crippen LogP contribution in [0.4, 0.5) is 0 Å². The Bertz CT molecular complexity index is 4580. The Hall–Kier alpha value is -8.91. The highest BCUT2D eigenvalue weighted by Crippen LogP contribution is 2.45. The van der Waals surface area contributed by atoms with Gasteiger partial charge >= 0.3 is 0 Å². The molecule has 0 N–H and O–H groups in total. The van der Waals surface area contributed by atoms with Gasteiger partial charge in [-0.25, -0.2) is 15.0 Å². The van der Waals surface area contributed by atoms with Gasteiger partial charge in [-0.1, -0.05) is 140 Å². The molecule has 0 spiro atoms. The van der Waals surface area contributed by atoms with Gasteiger partial charge in [0, 0.05) is 80.9 Å². The van der Waals surface area contributed by atoms with Crippen LogP contribution in [0.1, 0.15) is 0 Å². The van der Waals surface area contributed by atoms with Gasteiger partial charge in [0.05, 0.1) is 27.8 Å². The zero-order chi connectivity index (χ0) is 44.5. The van der Waals surface area contributed by atoms with Crippen LogP contribution in [-0.4, -0.2) is 24.1 Å². The van der Waals surface area contributed by atoms with Gasteiger partial charge < -0.3 is 13.6 Å². The van der Waals surface area contributed by atoms with Gasteiger partial charge in [0.25, 0.3) is 0 Å². The molecular formula is C61H35N5OS. The minimum Gasteiger partial charge on any atom is -0.456 e. The topological polar surface area (TPSA) is 61.7 Å². The van der Waals surface area contributed by atoms with E-state index in [2.05, 4.69) is 209 Å². The first-order valence-corrected chi connectivity index (χ1v) is 23.7. The van der Waals surface area contributed by atoms with Crippen molar-refractivity contribution in [2.45, 2.75) is 0 Å². The van der Waals surface area contributed by atoms with Crippen LogP contribution in [0, 0.1) is 0 Å². The lowest BCUT2D eigenvalue weighted by Crippen LogP contribution is -2.05.